The summed E-state index contributed by atoms with van der Waals surface area (Å²) in [6, 6.07) is 1.23. The fraction of sp³-hybridized carbons (Fsp3) is 0.667. The van der Waals surface area contributed by atoms with E-state index in [9.17, 15) is 14.4 Å². The Bertz CT molecular complexity index is 757. The molecule has 1 amide bonds. The molecule has 0 spiro atoms. The van der Waals surface area contributed by atoms with Crippen LogP contribution in [0, 0.1) is 0 Å². The summed E-state index contributed by atoms with van der Waals surface area (Å²) < 4.78 is 18.9. The molecule has 2 aliphatic rings. The molecule has 0 aliphatic carbocycles. The SMILES string of the molecule is CC1(C)O[C@@H]2[C@H](O1)[C@@H](CNC(=O)CCN)O[C@H]2n1ccc(=O)[nH]c1=O. The van der Waals surface area contributed by atoms with Crippen molar-refractivity contribution in [3.63, 3.8) is 0 Å². The van der Waals surface area contributed by atoms with E-state index in [0.717, 1.165) is 0 Å². The highest BCUT2D eigenvalue weighted by molar-refractivity contribution is 5.76. The standard InChI is InChI=1S/C15H22N4O6/c1-15(2)24-11-8(7-17-9(20)3-5-16)23-13(12(11)25-15)19-6-4-10(21)18-14(19)22/h4,6,8,11-13H,3,5,7,16H2,1-2H3,(H,17,20)(H,18,21,22)/t8-,11-,12-,13-/m1/s1. The zero-order valence-corrected chi connectivity index (χ0v) is 14.1. The van der Waals surface area contributed by atoms with Crippen LogP contribution in [-0.2, 0) is 19.0 Å². The average Bonchev–Trinajstić information content (AvgIpc) is 2.99. The Hall–Kier alpha value is -2.01. The third-order valence-electron chi connectivity index (χ3n) is 4.12. The highest BCUT2D eigenvalue weighted by atomic mass is 16.8. The molecule has 1 aromatic heterocycles. The molecule has 2 saturated heterocycles. The molecule has 2 aliphatic heterocycles. The van der Waals surface area contributed by atoms with Crippen LogP contribution < -0.4 is 22.3 Å². The lowest BCUT2D eigenvalue weighted by Crippen LogP contribution is -2.40. The summed E-state index contributed by atoms with van der Waals surface area (Å²) in [6.07, 6.45) is -0.712. The molecule has 3 heterocycles. The van der Waals surface area contributed by atoms with Gasteiger partial charge >= 0.3 is 5.69 Å². The minimum Gasteiger partial charge on any atom is -0.353 e. The third kappa shape index (κ3) is 3.66. The molecule has 3 rings (SSSR count). The fourth-order valence-electron chi connectivity index (χ4n) is 3.11. The minimum atomic E-state index is -0.845. The first-order valence-electron chi connectivity index (χ1n) is 8.10. The molecule has 0 radical (unpaired) electrons. The van der Waals surface area contributed by atoms with E-state index >= 15 is 0 Å². The lowest BCUT2D eigenvalue weighted by atomic mass is 10.1. The molecule has 0 saturated carbocycles. The first-order chi connectivity index (χ1) is 11.8. The van der Waals surface area contributed by atoms with Gasteiger partial charge in [-0.2, -0.15) is 0 Å². The molecule has 0 aromatic carbocycles. The van der Waals surface area contributed by atoms with E-state index < -0.39 is 41.6 Å². The second-order valence-corrected chi connectivity index (χ2v) is 6.49. The van der Waals surface area contributed by atoms with Gasteiger partial charge in [0.2, 0.25) is 5.91 Å². The van der Waals surface area contributed by atoms with Crippen LogP contribution in [0.2, 0.25) is 0 Å². The Morgan fingerprint density at radius 3 is 2.76 bits per heavy atom. The molecule has 10 nitrogen and oxygen atoms in total. The molecule has 1 aromatic rings. The van der Waals surface area contributed by atoms with Gasteiger partial charge in [-0.3, -0.25) is 19.1 Å². The molecule has 138 valence electrons. The Morgan fingerprint density at radius 1 is 1.36 bits per heavy atom. The van der Waals surface area contributed by atoms with E-state index in [4.69, 9.17) is 19.9 Å². The number of amides is 1. The van der Waals surface area contributed by atoms with Crippen LogP contribution >= 0.6 is 0 Å². The number of aromatic nitrogens is 2. The number of nitrogens with two attached hydrogens (primary N) is 1. The summed E-state index contributed by atoms with van der Waals surface area (Å²) in [5.41, 5.74) is 4.26. The minimum absolute atomic E-state index is 0.189. The van der Waals surface area contributed by atoms with Gasteiger partial charge in [0.15, 0.2) is 12.0 Å². The van der Waals surface area contributed by atoms with Crippen molar-refractivity contribution in [1.29, 1.82) is 0 Å². The molecule has 25 heavy (non-hydrogen) atoms. The van der Waals surface area contributed by atoms with Crippen molar-refractivity contribution in [3.05, 3.63) is 33.1 Å². The normalized spacial score (nSPS) is 30.2. The number of carbonyl (C=O) groups is 1. The molecular weight excluding hydrogens is 332 g/mol. The smallest absolute Gasteiger partial charge is 0.330 e. The number of hydrogen-bond donors (Lipinski definition) is 3. The van der Waals surface area contributed by atoms with Crippen LogP contribution in [0.5, 0.6) is 0 Å². The predicted molar refractivity (Wildman–Crippen MR) is 85.7 cm³/mol. The van der Waals surface area contributed by atoms with Gasteiger partial charge in [0.1, 0.15) is 18.3 Å². The third-order valence-corrected chi connectivity index (χ3v) is 4.12. The molecule has 4 N–H and O–H groups in total. The number of fused-ring (bicyclic) bond motifs is 1. The van der Waals surface area contributed by atoms with Gasteiger partial charge in [-0.05, 0) is 13.8 Å². The van der Waals surface area contributed by atoms with Crippen LogP contribution in [0.15, 0.2) is 21.9 Å². The highest BCUT2D eigenvalue weighted by Gasteiger charge is 2.56. The Kier molecular flexibility index (Phi) is 4.78. The largest absolute Gasteiger partial charge is 0.353 e. The summed E-state index contributed by atoms with van der Waals surface area (Å²) in [5.74, 6) is -1.03. The van der Waals surface area contributed by atoms with Gasteiger partial charge in [0.25, 0.3) is 5.56 Å². The average molecular weight is 354 g/mol. The highest BCUT2D eigenvalue weighted by Crippen LogP contribution is 2.42. The summed E-state index contributed by atoms with van der Waals surface area (Å²) in [6.45, 7) is 3.99. The molecule has 4 atom stereocenters. The van der Waals surface area contributed by atoms with Crippen molar-refractivity contribution in [1.82, 2.24) is 14.9 Å². The summed E-state index contributed by atoms with van der Waals surface area (Å²) in [5, 5.41) is 2.74. The molecule has 0 unspecified atom stereocenters. The first-order valence-corrected chi connectivity index (χ1v) is 8.10. The second kappa shape index (κ2) is 6.71. The Morgan fingerprint density at radius 2 is 2.08 bits per heavy atom. The number of carbonyl (C=O) groups excluding carboxylic acids is 1. The maximum absolute atomic E-state index is 12.1. The lowest BCUT2D eigenvalue weighted by molar-refractivity contribution is -0.196. The number of hydrogen-bond acceptors (Lipinski definition) is 7. The lowest BCUT2D eigenvalue weighted by Gasteiger charge is -2.25. The van der Waals surface area contributed by atoms with E-state index in [1.165, 1.54) is 16.8 Å². The number of ether oxygens (including phenoxy) is 3. The van der Waals surface area contributed by atoms with Crippen molar-refractivity contribution < 1.29 is 19.0 Å². The van der Waals surface area contributed by atoms with Crippen LogP contribution in [-0.4, -0.2) is 52.6 Å². The zero-order valence-electron chi connectivity index (χ0n) is 14.1. The monoisotopic (exact) mass is 354 g/mol. The topological polar surface area (TPSA) is 138 Å². The quantitative estimate of drug-likeness (QED) is 0.580. The van der Waals surface area contributed by atoms with Crippen LogP contribution in [0.25, 0.3) is 0 Å². The van der Waals surface area contributed by atoms with Gasteiger partial charge in [-0.15, -0.1) is 0 Å². The van der Waals surface area contributed by atoms with Crippen molar-refractivity contribution in [3.8, 4) is 0 Å². The number of H-pyrrole nitrogens is 1. The molecular formula is C15H22N4O6. The van der Waals surface area contributed by atoms with Crippen LogP contribution in [0.1, 0.15) is 26.5 Å². The number of nitrogens with zero attached hydrogens (tertiary/aromatic N) is 1. The van der Waals surface area contributed by atoms with Crippen molar-refractivity contribution in [2.45, 2.75) is 50.6 Å². The summed E-state index contributed by atoms with van der Waals surface area (Å²) >= 11 is 0. The molecule has 10 heteroatoms. The van der Waals surface area contributed by atoms with Crippen molar-refractivity contribution >= 4 is 5.91 Å². The van der Waals surface area contributed by atoms with Gasteiger partial charge in [0, 0.05) is 31.8 Å². The van der Waals surface area contributed by atoms with Gasteiger partial charge in [-0.1, -0.05) is 0 Å². The molecule has 0 bridgehead atoms. The summed E-state index contributed by atoms with van der Waals surface area (Å²) in [7, 11) is 0. The van der Waals surface area contributed by atoms with E-state index in [-0.39, 0.29) is 25.4 Å². The van der Waals surface area contributed by atoms with Gasteiger partial charge < -0.3 is 25.3 Å². The second-order valence-electron chi connectivity index (χ2n) is 6.49. The van der Waals surface area contributed by atoms with Gasteiger partial charge in [-0.25, -0.2) is 4.79 Å². The van der Waals surface area contributed by atoms with Crippen molar-refractivity contribution in [2.75, 3.05) is 13.1 Å². The van der Waals surface area contributed by atoms with Gasteiger partial charge in [0.05, 0.1) is 0 Å². The van der Waals surface area contributed by atoms with E-state index in [0.29, 0.717) is 0 Å². The van der Waals surface area contributed by atoms with E-state index in [1.807, 2.05) is 0 Å². The van der Waals surface area contributed by atoms with Crippen LogP contribution in [0.4, 0.5) is 0 Å². The van der Waals surface area contributed by atoms with E-state index in [2.05, 4.69) is 10.3 Å². The number of rotatable bonds is 5. The maximum Gasteiger partial charge on any atom is 0.330 e. The number of aromatic amines is 1. The predicted octanol–water partition coefficient (Wildman–Crippen LogP) is -1.58. The molecule has 2 fully saturated rings. The summed E-state index contributed by atoms with van der Waals surface area (Å²) in [4.78, 5) is 37.2. The fourth-order valence-corrected chi connectivity index (χ4v) is 3.11. The number of nitrogens with one attached hydrogen (secondary N) is 2. The van der Waals surface area contributed by atoms with Crippen molar-refractivity contribution in [2.24, 2.45) is 5.73 Å². The first kappa shape index (κ1) is 17.8. The zero-order chi connectivity index (χ0) is 18.2. The Balaban J connectivity index is 1.81. The Labute approximate surface area is 143 Å². The maximum atomic E-state index is 12.1. The van der Waals surface area contributed by atoms with Crippen LogP contribution in [0.3, 0.4) is 0 Å². The van der Waals surface area contributed by atoms with E-state index in [1.54, 1.807) is 13.8 Å².